The van der Waals surface area contributed by atoms with E-state index in [9.17, 15) is 9.59 Å². The van der Waals surface area contributed by atoms with Gasteiger partial charge in [0.05, 0.1) is 6.61 Å². The van der Waals surface area contributed by atoms with E-state index in [1.165, 1.54) is 6.42 Å². The van der Waals surface area contributed by atoms with Crippen LogP contribution in [0.15, 0.2) is 0 Å². The zero-order valence-electron chi connectivity index (χ0n) is 13.0. The molecule has 2 rings (SSSR count). The number of ether oxygens (including phenoxy) is 1. The molecule has 0 radical (unpaired) electrons. The number of hydrogen-bond donors (Lipinski definition) is 0. The van der Waals surface area contributed by atoms with Gasteiger partial charge in [-0.2, -0.15) is 0 Å². The number of rotatable bonds is 4. The van der Waals surface area contributed by atoms with Gasteiger partial charge in [-0.05, 0) is 32.6 Å². The summed E-state index contributed by atoms with van der Waals surface area (Å²) in [6, 6.07) is 0. The standard InChI is InChI=1S/C16H27NO3/c1-13(18)5-7-15(2,3)14(19)17-9-8-16(11-17)6-4-10-20-12-16/h4-12H2,1-3H3. The zero-order chi connectivity index (χ0) is 14.8. The van der Waals surface area contributed by atoms with Gasteiger partial charge in [0.1, 0.15) is 5.78 Å². The van der Waals surface area contributed by atoms with Crippen molar-refractivity contribution in [2.24, 2.45) is 10.8 Å². The highest BCUT2D eigenvalue weighted by Crippen LogP contribution is 2.40. The van der Waals surface area contributed by atoms with Crippen LogP contribution in [0.25, 0.3) is 0 Å². The second-order valence-electron chi connectivity index (χ2n) is 7.22. The SMILES string of the molecule is CC(=O)CCC(C)(C)C(=O)N1CCC2(CCCOC2)C1. The largest absolute Gasteiger partial charge is 0.381 e. The molecule has 2 aliphatic rings. The predicted octanol–water partition coefficient (Wildman–Crippen LogP) is 2.41. The van der Waals surface area contributed by atoms with E-state index >= 15 is 0 Å². The topological polar surface area (TPSA) is 46.6 Å². The maximum Gasteiger partial charge on any atom is 0.228 e. The molecular formula is C16H27NO3. The van der Waals surface area contributed by atoms with Gasteiger partial charge in [-0.3, -0.25) is 4.79 Å². The summed E-state index contributed by atoms with van der Waals surface area (Å²) in [5, 5.41) is 0. The monoisotopic (exact) mass is 281 g/mol. The fourth-order valence-corrected chi connectivity index (χ4v) is 3.36. The number of amides is 1. The fourth-order valence-electron chi connectivity index (χ4n) is 3.36. The van der Waals surface area contributed by atoms with E-state index in [0.717, 1.165) is 39.1 Å². The molecule has 2 fully saturated rings. The van der Waals surface area contributed by atoms with Gasteiger partial charge in [-0.1, -0.05) is 13.8 Å². The average Bonchev–Trinajstić information content (AvgIpc) is 2.80. The Morgan fingerprint density at radius 2 is 2.05 bits per heavy atom. The molecule has 1 spiro atoms. The number of ketones is 1. The van der Waals surface area contributed by atoms with E-state index in [1.807, 2.05) is 18.7 Å². The van der Waals surface area contributed by atoms with Crippen LogP contribution in [-0.2, 0) is 14.3 Å². The summed E-state index contributed by atoms with van der Waals surface area (Å²) in [7, 11) is 0. The summed E-state index contributed by atoms with van der Waals surface area (Å²) >= 11 is 0. The Bertz CT molecular complexity index is 383. The summed E-state index contributed by atoms with van der Waals surface area (Å²) in [5.74, 6) is 0.352. The molecule has 2 heterocycles. The van der Waals surface area contributed by atoms with E-state index in [-0.39, 0.29) is 17.1 Å². The molecule has 2 aliphatic heterocycles. The van der Waals surface area contributed by atoms with Gasteiger partial charge in [0, 0.05) is 36.9 Å². The summed E-state index contributed by atoms with van der Waals surface area (Å²) in [6.45, 7) is 8.83. The van der Waals surface area contributed by atoms with Crippen molar-refractivity contribution < 1.29 is 14.3 Å². The molecule has 20 heavy (non-hydrogen) atoms. The molecule has 0 aliphatic carbocycles. The van der Waals surface area contributed by atoms with Crippen LogP contribution in [-0.4, -0.2) is 42.9 Å². The van der Waals surface area contributed by atoms with Crippen molar-refractivity contribution in [3.63, 3.8) is 0 Å². The normalized spacial score (nSPS) is 27.1. The molecule has 0 aromatic carbocycles. The summed E-state index contributed by atoms with van der Waals surface area (Å²) in [6.07, 6.45) is 4.46. The van der Waals surface area contributed by atoms with E-state index in [0.29, 0.717) is 12.8 Å². The van der Waals surface area contributed by atoms with E-state index < -0.39 is 5.41 Å². The van der Waals surface area contributed by atoms with Gasteiger partial charge in [-0.15, -0.1) is 0 Å². The molecule has 0 aromatic rings. The van der Waals surface area contributed by atoms with E-state index in [2.05, 4.69) is 0 Å². The van der Waals surface area contributed by atoms with Crippen molar-refractivity contribution in [1.82, 2.24) is 4.90 Å². The molecule has 0 saturated carbocycles. The average molecular weight is 281 g/mol. The van der Waals surface area contributed by atoms with Crippen LogP contribution in [0.3, 0.4) is 0 Å². The second kappa shape index (κ2) is 5.84. The van der Waals surface area contributed by atoms with Crippen molar-refractivity contribution in [3.8, 4) is 0 Å². The van der Waals surface area contributed by atoms with Gasteiger partial charge in [0.25, 0.3) is 0 Å². The lowest BCUT2D eigenvalue weighted by atomic mass is 9.81. The summed E-state index contributed by atoms with van der Waals surface area (Å²) in [5.41, 5.74) is -0.239. The van der Waals surface area contributed by atoms with Gasteiger partial charge in [0.2, 0.25) is 5.91 Å². The third kappa shape index (κ3) is 3.40. The molecule has 4 nitrogen and oxygen atoms in total. The molecular weight excluding hydrogens is 254 g/mol. The minimum absolute atomic E-state index is 0.157. The summed E-state index contributed by atoms with van der Waals surface area (Å²) in [4.78, 5) is 25.8. The van der Waals surface area contributed by atoms with Gasteiger partial charge < -0.3 is 14.4 Å². The smallest absolute Gasteiger partial charge is 0.228 e. The Balaban J connectivity index is 1.94. The van der Waals surface area contributed by atoms with Crippen molar-refractivity contribution >= 4 is 11.7 Å². The Morgan fingerprint density at radius 3 is 2.65 bits per heavy atom. The quantitative estimate of drug-likeness (QED) is 0.795. The van der Waals surface area contributed by atoms with Crippen LogP contribution in [0.2, 0.25) is 0 Å². The first kappa shape index (κ1) is 15.5. The number of carbonyl (C=O) groups is 2. The minimum atomic E-state index is -0.438. The molecule has 2 saturated heterocycles. The Labute approximate surface area is 121 Å². The lowest BCUT2D eigenvalue weighted by Gasteiger charge is -2.34. The fraction of sp³-hybridized carbons (Fsp3) is 0.875. The predicted molar refractivity (Wildman–Crippen MR) is 77.4 cm³/mol. The highest BCUT2D eigenvalue weighted by atomic mass is 16.5. The molecule has 1 amide bonds. The van der Waals surface area contributed by atoms with Crippen LogP contribution in [0.4, 0.5) is 0 Å². The van der Waals surface area contributed by atoms with Crippen LogP contribution in [0.5, 0.6) is 0 Å². The summed E-state index contributed by atoms with van der Waals surface area (Å²) < 4.78 is 5.62. The van der Waals surface area contributed by atoms with Crippen molar-refractivity contribution in [1.29, 1.82) is 0 Å². The first-order chi connectivity index (χ1) is 9.35. The van der Waals surface area contributed by atoms with Crippen LogP contribution < -0.4 is 0 Å². The lowest BCUT2D eigenvalue weighted by molar-refractivity contribution is -0.140. The third-order valence-corrected chi connectivity index (χ3v) is 4.81. The minimum Gasteiger partial charge on any atom is -0.381 e. The maximum absolute atomic E-state index is 12.7. The van der Waals surface area contributed by atoms with Crippen molar-refractivity contribution in [2.45, 2.75) is 52.9 Å². The van der Waals surface area contributed by atoms with Gasteiger partial charge in [0.15, 0.2) is 0 Å². The molecule has 0 bridgehead atoms. The number of nitrogens with zero attached hydrogens (tertiary/aromatic N) is 1. The van der Waals surface area contributed by atoms with Crippen molar-refractivity contribution in [2.75, 3.05) is 26.3 Å². The number of carbonyl (C=O) groups excluding carboxylic acids is 2. The third-order valence-electron chi connectivity index (χ3n) is 4.81. The lowest BCUT2D eigenvalue weighted by Crippen LogP contribution is -2.42. The van der Waals surface area contributed by atoms with Crippen LogP contribution in [0, 0.1) is 10.8 Å². The van der Waals surface area contributed by atoms with E-state index in [4.69, 9.17) is 4.74 Å². The first-order valence-corrected chi connectivity index (χ1v) is 7.71. The van der Waals surface area contributed by atoms with Gasteiger partial charge in [-0.25, -0.2) is 0 Å². The maximum atomic E-state index is 12.7. The first-order valence-electron chi connectivity index (χ1n) is 7.71. The Hall–Kier alpha value is -0.900. The van der Waals surface area contributed by atoms with E-state index in [1.54, 1.807) is 6.92 Å². The number of Topliss-reactive ketones (excluding diaryl/α,β-unsaturated/α-hetero) is 1. The Morgan fingerprint density at radius 1 is 1.30 bits per heavy atom. The molecule has 0 N–H and O–H groups in total. The highest BCUT2D eigenvalue weighted by Gasteiger charge is 2.44. The zero-order valence-corrected chi connectivity index (χ0v) is 13.0. The highest BCUT2D eigenvalue weighted by molar-refractivity contribution is 5.83. The van der Waals surface area contributed by atoms with Gasteiger partial charge >= 0.3 is 0 Å². The molecule has 1 unspecified atom stereocenters. The molecule has 4 heteroatoms. The Kier molecular flexibility index (Phi) is 4.52. The van der Waals surface area contributed by atoms with Crippen LogP contribution >= 0.6 is 0 Å². The molecule has 0 aromatic heterocycles. The molecule has 1 atom stereocenters. The number of hydrogen-bond acceptors (Lipinski definition) is 3. The molecule has 114 valence electrons. The van der Waals surface area contributed by atoms with Crippen molar-refractivity contribution in [3.05, 3.63) is 0 Å². The number of likely N-dealkylation sites (tertiary alicyclic amines) is 1. The van der Waals surface area contributed by atoms with Crippen LogP contribution in [0.1, 0.15) is 52.9 Å². The second-order valence-corrected chi connectivity index (χ2v) is 7.22.